The second-order valence-corrected chi connectivity index (χ2v) is 6.14. The van der Waals surface area contributed by atoms with Gasteiger partial charge in [0.05, 0.1) is 12.1 Å². The highest BCUT2D eigenvalue weighted by molar-refractivity contribution is 5.77. The van der Waals surface area contributed by atoms with E-state index in [0.717, 1.165) is 44.4 Å². The van der Waals surface area contributed by atoms with Gasteiger partial charge in [0, 0.05) is 6.42 Å². The Balaban J connectivity index is 1.85. The van der Waals surface area contributed by atoms with Crippen LogP contribution in [0.4, 0.5) is 0 Å². The normalized spacial score (nSPS) is 35.7. The molecule has 0 aliphatic heterocycles. The number of allylic oxidation sites excluding steroid dienone is 2. The standard InChI is InChI=1S/C15H25NO2/c1-12-6-8-15(11-17,9-7-12)16-14(18)10-13-4-2-3-5-13/h2,4,12-13,17H,3,5-11H2,1H3,(H,16,18). The van der Waals surface area contributed by atoms with Crippen molar-refractivity contribution in [2.24, 2.45) is 11.8 Å². The van der Waals surface area contributed by atoms with Gasteiger partial charge >= 0.3 is 0 Å². The molecule has 0 bridgehead atoms. The number of amides is 1. The van der Waals surface area contributed by atoms with E-state index in [1.54, 1.807) is 0 Å². The molecule has 3 nitrogen and oxygen atoms in total. The molecule has 0 saturated heterocycles. The predicted octanol–water partition coefficient (Wildman–Crippen LogP) is 2.40. The molecule has 0 radical (unpaired) electrons. The lowest BCUT2D eigenvalue weighted by molar-refractivity contribution is -0.125. The van der Waals surface area contributed by atoms with Crippen molar-refractivity contribution in [3.05, 3.63) is 12.2 Å². The lowest BCUT2D eigenvalue weighted by Gasteiger charge is -2.39. The van der Waals surface area contributed by atoms with E-state index >= 15 is 0 Å². The van der Waals surface area contributed by atoms with Gasteiger partial charge in [-0.1, -0.05) is 19.1 Å². The zero-order chi connectivity index (χ0) is 13.0. The van der Waals surface area contributed by atoms with Gasteiger partial charge in [-0.25, -0.2) is 0 Å². The third-order valence-electron chi connectivity index (χ3n) is 4.50. The van der Waals surface area contributed by atoms with Crippen LogP contribution in [0.3, 0.4) is 0 Å². The maximum absolute atomic E-state index is 12.1. The predicted molar refractivity (Wildman–Crippen MR) is 72.1 cm³/mol. The Labute approximate surface area is 110 Å². The Morgan fingerprint density at radius 3 is 2.67 bits per heavy atom. The molecule has 1 saturated carbocycles. The van der Waals surface area contributed by atoms with Crippen LogP contribution in [0.1, 0.15) is 51.9 Å². The number of carbonyl (C=O) groups excluding carboxylic acids is 1. The fourth-order valence-corrected chi connectivity index (χ4v) is 3.09. The highest BCUT2D eigenvalue weighted by Gasteiger charge is 2.35. The van der Waals surface area contributed by atoms with Crippen molar-refractivity contribution in [2.45, 2.75) is 57.4 Å². The minimum atomic E-state index is -0.341. The molecule has 2 aliphatic carbocycles. The van der Waals surface area contributed by atoms with E-state index in [-0.39, 0.29) is 18.1 Å². The first-order chi connectivity index (χ1) is 8.63. The quantitative estimate of drug-likeness (QED) is 0.754. The van der Waals surface area contributed by atoms with Crippen molar-refractivity contribution in [3.8, 4) is 0 Å². The summed E-state index contributed by atoms with van der Waals surface area (Å²) in [5, 5.41) is 12.7. The summed E-state index contributed by atoms with van der Waals surface area (Å²) in [5.74, 6) is 1.23. The summed E-state index contributed by atoms with van der Waals surface area (Å²) in [6.07, 6.45) is 11.1. The number of hydrogen-bond donors (Lipinski definition) is 2. The van der Waals surface area contributed by atoms with Gasteiger partial charge in [-0.15, -0.1) is 0 Å². The summed E-state index contributed by atoms with van der Waals surface area (Å²) in [4.78, 5) is 12.1. The Morgan fingerprint density at radius 1 is 1.39 bits per heavy atom. The van der Waals surface area contributed by atoms with Crippen LogP contribution < -0.4 is 5.32 Å². The third kappa shape index (κ3) is 3.35. The van der Waals surface area contributed by atoms with Crippen molar-refractivity contribution in [2.75, 3.05) is 6.61 Å². The zero-order valence-corrected chi connectivity index (χ0v) is 11.3. The molecule has 0 aromatic heterocycles. The Kier molecular flexibility index (Phi) is 4.44. The van der Waals surface area contributed by atoms with Gasteiger partial charge in [-0.3, -0.25) is 4.79 Å². The van der Waals surface area contributed by atoms with Crippen molar-refractivity contribution in [1.82, 2.24) is 5.32 Å². The van der Waals surface area contributed by atoms with Crippen LogP contribution >= 0.6 is 0 Å². The van der Waals surface area contributed by atoms with Gasteiger partial charge in [-0.05, 0) is 50.4 Å². The molecule has 1 unspecified atom stereocenters. The summed E-state index contributed by atoms with van der Waals surface area (Å²) in [5.41, 5.74) is -0.341. The average molecular weight is 251 g/mol. The van der Waals surface area contributed by atoms with Gasteiger partial charge in [-0.2, -0.15) is 0 Å². The molecular formula is C15H25NO2. The first-order valence-electron chi connectivity index (χ1n) is 7.22. The van der Waals surface area contributed by atoms with Crippen LogP contribution in [0.15, 0.2) is 12.2 Å². The maximum Gasteiger partial charge on any atom is 0.221 e. The van der Waals surface area contributed by atoms with E-state index < -0.39 is 0 Å². The van der Waals surface area contributed by atoms with E-state index in [1.807, 2.05) is 0 Å². The van der Waals surface area contributed by atoms with Gasteiger partial charge in [0.15, 0.2) is 0 Å². The molecular weight excluding hydrogens is 226 g/mol. The fourth-order valence-electron chi connectivity index (χ4n) is 3.09. The summed E-state index contributed by atoms with van der Waals surface area (Å²) >= 11 is 0. The maximum atomic E-state index is 12.1. The average Bonchev–Trinajstić information content (AvgIpc) is 2.85. The molecule has 3 heteroatoms. The van der Waals surface area contributed by atoms with Crippen LogP contribution in [0, 0.1) is 11.8 Å². The molecule has 2 rings (SSSR count). The van der Waals surface area contributed by atoms with E-state index in [0.29, 0.717) is 12.3 Å². The molecule has 2 N–H and O–H groups in total. The first kappa shape index (κ1) is 13.6. The summed E-state index contributed by atoms with van der Waals surface area (Å²) in [6.45, 7) is 2.32. The van der Waals surface area contributed by atoms with Crippen LogP contribution in [0.5, 0.6) is 0 Å². The monoisotopic (exact) mass is 251 g/mol. The molecule has 0 aromatic rings. The van der Waals surface area contributed by atoms with Crippen molar-refractivity contribution >= 4 is 5.91 Å². The third-order valence-corrected chi connectivity index (χ3v) is 4.50. The Hall–Kier alpha value is -0.830. The number of nitrogens with one attached hydrogen (secondary N) is 1. The molecule has 0 aromatic carbocycles. The van der Waals surface area contributed by atoms with E-state index in [9.17, 15) is 9.90 Å². The Morgan fingerprint density at radius 2 is 2.11 bits per heavy atom. The summed E-state index contributed by atoms with van der Waals surface area (Å²) in [7, 11) is 0. The summed E-state index contributed by atoms with van der Waals surface area (Å²) in [6, 6.07) is 0. The SMILES string of the molecule is CC1CCC(CO)(NC(=O)CC2C=CCC2)CC1. The molecule has 1 fully saturated rings. The largest absolute Gasteiger partial charge is 0.394 e. The van der Waals surface area contributed by atoms with Crippen molar-refractivity contribution in [3.63, 3.8) is 0 Å². The number of aliphatic hydroxyl groups is 1. The van der Waals surface area contributed by atoms with Crippen LogP contribution in [-0.2, 0) is 4.79 Å². The molecule has 1 atom stereocenters. The lowest BCUT2D eigenvalue weighted by Crippen LogP contribution is -2.53. The van der Waals surface area contributed by atoms with Crippen LogP contribution in [-0.4, -0.2) is 23.2 Å². The number of hydrogen-bond acceptors (Lipinski definition) is 2. The first-order valence-corrected chi connectivity index (χ1v) is 7.22. The van der Waals surface area contributed by atoms with Crippen LogP contribution in [0.25, 0.3) is 0 Å². The van der Waals surface area contributed by atoms with Gasteiger partial charge in [0.2, 0.25) is 5.91 Å². The van der Waals surface area contributed by atoms with E-state index in [1.165, 1.54) is 0 Å². The highest BCUT2D eigenvalue weighted by atomic mass is 16.3. The topological polar surface area (TPSA) is 49.3 Å². The zero-order valence-electron chi connectivity index (χ0n) is 11.3. The molecule has 0 heterocycles. The number of aliphatic hydroxyl groups excluding tert-OH is 1. The van der Waals surface area contributed by atoms with Crippen molar-refractivity contribution < 1.29 is 9.90 Å². The summed E-state index contributed by atoms with van der Waals surface area (Å²) < 4.78 is 0. The second kappa shape index (κ2) is 5.87. The molecule has 102 valence electrons. The second-order valence-electron chi connectivity index (χ2n) is 6.14. The molecule has 2 aliphatic rings. The van der Waals surface area contributed by atoms with Gasteiger partial charge in [0.1, 0.15) is 0 Å². The molecule has 18 heavy (non-hydrogen) atoms. The lowest BCUT2D eigenvalue weighted by atomic mass is 9.77. The van der Waals surface area contributed by atoms with Gasteiger partial charge in [0.25, 0.3) is 0 Å². The molecule has 0 spiro atoms. The number of rotatable bonds is 4. The highest BCUT2D eigenvalue weighted by Crippen LogP contribution is 2.32. The number of carbonyl (C=O) groups is 1. The Bertz CT molecular complexity index is 316. The minimum absolute atomic E-state index is 0.0754. The van der Waals surface area contributed by atoms with E-state index in [2.05, 4.69) is 24.4 Å². The van der Waals surface area contributed by atoms with Gasteiger partial charge < -0.3 is 10.4 Å². The minimum Gasteiger partial charge on any atom is -0.394 e. The smallest absolute Gasteiger partial charge is 0.221 e. The van der Waals surface area contributed by atoms with Crippen LogP contribution in [0.2, 0.25) is 0 Å². The van der Waals surface area contributed by atoms with Crippen molar-refractivity contribution in [1.29, 1.82) is 0 Å². The molecule has 1 amide bonds. The van der Waals surface area contributed by atoms with E-state index in [4.69, 9.17) is 0 Å². The fraction of sp³-hybridized carbons (Fsp3) is 0.800.